The lowest BCUT2D eigenvalue weighted by Crippen LogP contribution is -2.28. The van der Waals surface area contributed by atoms with Gasteiger partial charge in [-0.15, -0.1) is 11.3 Å². The van der Waals surface area contributed by atoms with Crippen LogP contribution in [0.3, 0.4) is 0 Å². The molecule has 0 aliphatic carbocycles. The first-order valence-electron chi connectivity index (χ1n) is 10.7. The number of benzene rings is 2. The van der Waals surface area contributed by atoms with Crippen molar-refractivity contribution in [3.63, 3.8) is 0 Å². The number of carbonyl (C=O) groups is 2. The molecule has 1 N–H and O–H groups in total. The number of anilines is 1. The minimum Gasteiger partial charge on any atom is -0.492 e. The number of carbonyl (C=O) groups excluding carboxylic acids is 2. The fraction of sp³-hybridized carbons (Fsp3) is 0.160. The van der Waals surface area contributed by atoms with Gasteiger partial charge < -0.3 is 14.8 Å². The molecule has 2 aromatic heterocycles. The zero-order valence-electron chi connectivity index (χ0n) is 18.8. The summed E-state index contributed by atoms with van der Waals surface area (Å²) in [7, 11) is 0. The summed E-state index contributed by atoms with van der Waals surface area (Å²) in [4.78, 5) is 41.2. The Hall–Kier alpha value is -4.31. The number of thiazole rings is 1. The van der Waals surface area contributed by atoms with E-state index in [9.17, 15) is 14.4 Å². The molecular weight excluding hydrogens is 468 g/mol. The lowest BCUT2D eigenvalue weighted by Gasteiger charge is -2.09. The van der Waals surface area contributed by atoms with Crippen LogP contribution in [-0.4, -0.2) is 39.9 Å². The summed E-state index contributed by atoms with van der Waals surface area (Å²) in [5.74, 6) is -0.659. The largest absolute Gasteiger partial charge is 0.492 e. The fourth-order valence-corrected chi connectivity index (χ4v) is 3.76. The van der Waals surface area contributed by atoms with Crippen LogP contribution in [0.5, 0.6) is 5.75 Å². The van der Waals surface area contributed by atoms with Crippen LogP contribution < -0.4 is 15.6 Å². The van der Waals surface area contributed by atoms with Crippen molar-refractivity contribution in [2.45, 2.75) is 13.5 Å². The third-order valence-electron chi connectivity index (χ3n) is 4.79. The summed E-state index contributed by atoms with van der Waals surface area (Å²) in [5, 5.41) is 9.61. The van der Waals surface area contributed by atoms with Crippen molar-refractivity contribution in [1.29, 1.82) is 0 Å². The van der Waals surface area contributed by atoms with Gasteiger partial charge in [0.1, 0.15) is 12.4 Å². The molecule has 10 heteroatoms. The van der Waals surface area contributed by atoms with E-state index in [-0.39, 0.29) is 24.4 Å². The maximum absolute atomic E-state index is 12.4. The van der Waals surface area contributed by atoms with Crippen LogP contribution in [0.1, 0.15) is 15.5 Å². The Morgan fingerprint density at radius 3 is 2.66 bits per heavy atom. The van der Waals surface area contributed by atoms with Gasteiger partial charge in [0, 0.05) is 22.7 Å². The standard InChI is InChI=1S/C25H22N4O5S/c1-17-26-22(16-35-17)18-6-5-7-19(14-18)27-23(30)15-34-25(32)21-10-11-24(31)29(28-21)12-13-33-20-8-3-2-4-9-20/h2-11,14,16H,12-13,15H2,1H3,(H,27,30). The van der Waals surface area contributed by atoms with Crippen molar-refractivity contribution in [2.75, 3.05) is 18.5 Å². The Morgan fingerprint density at radius 2 is 1.89 bits per heavy atom. The topological polar surface area (TPSA) is 112 Å². The van der Waals surface area contributed by atoms with E-state index in [1.807, 2.05) is 36.6 Å². The molecule has 0 fully saturated rings. The molecule has 178 valence electrons. The molecule has 0 unspecified atom stereocenters. The predicted molar refractivity (Wildman–Crippen MR) is 132 cm³/mol. The van der Waals surface area contributed by atoms with Gasteiger partial charge in [-0.1, -0.05) is 30.3 Å². The van der Waals surface area contributed by atoms with E-state index in [4.69, 9.17) is 9.47 Å². The number of nitrogens with one attached hydrogen (secondary N) is 1. The van der Waals surface area contributed by atoms with E-state index in [1.165, 1.54) is 12.1 Å². The van der Waals surface area contributed by atoms with E-state index in [1.54, 1.807) is 41.7 Å². The maximum Gasteiger partial charge on any atom is 0.359 e. The first-order valence-corrected chi connectivity index (χ1v) is 11.6. The van der Waals surface area contributed by atoms with Crippen LogP contribution >= 0.6 is 11.3 Å². The van der Waals surface area contributed by atoms with Crippen molar-refractivity contribution >= 4 is 28.9 Å². The minimum absolute atomic E-state index is 0.0852. The number of aryl methyl sites for hydroxylation is 1. The second-order valence-corrected chi connectivity index (χ2v) is 8.46. The van der Waals surface area contributed by atoms with Crippen LogP contribution in [0.4, 0.5) is 5.69 Å². The highest BCUT2D eigenvalue weighted by Gasteiger charge is 2.14. The number of para-hydroxylation sites is 1. The summed E-state index contributed by atoms with van der Waals surface area (Å²) < 4.78 is 11.8. The molecule has 0 aliphatic heterocycles. The minimum atomic E-state index is -0.815. The van der Waals surface area contributed by atoms with Crippen LogP contribution in [0.15, 0.2) is 76.9 Å². The van der Waals surface area contributed by atoms with E-state index in [0.717, 1.165) is 20.9 Å². The number of esters is 1. The molecule has 35 heavy (non-hydrogen) atoms. The number of aromatic nitrogens is 3. The number of amides is 1. The van der Waals surface area contributed by atoms with Gasteiger partial charge >= 0.3 is 5.97 Å². The third kappa shape index (κ3) is 6.61. The molecule has 0 bridgehead atoms. The molecule has 9 nitrogen and oxygen atoms in total. The van der Waals surface area contributed by atoms with E-state index < -0.39 is 18.5 Å². The highest BCUT2D eigenvalue weighted by atomic mass is 32.1. The van der Waals surface area contributed by atoms with Crippen LogP contribution in [-0.2, 0) is 16.1 Å². The molecule has 0 saturated heterocycles. The van der Waals surface area contributed by atoms with Crippen molar-refractivity contribution in [1.82, 2.24) is 14.8 Å². The maximum atomic E-state index is 12.4. The van der Waals surface area contributed by atoms with E-state index >= 15 is 0 Å². The summed E-state index contributed by atoms with van der Waals surface area (Å²) in [6.07, 6.45) is 0. The molecule has 2 heterocycles. The molecule has 0 saturated carbocycles. The van der Waals surface area contributed by atoms with Crippen molar-refractivity contribution in [3.8, 4) is 17.0 Å². The Balaban J connectivity index is 1.30. The zero-order valence-corrected chi connectivity index (χ0v) is 19.7. The predicted octanol–water partition coefficient (Wildman–Crippen LogP) is 3.55. The molecule has 4 rings (SSSR count). The highest BCUT2D eigenvalue weighted by molar-refractivity contribution is 7.09. The number of ether oxygens (including phenoxy) is 2. The Kier molecular flexibility index (Phi) is 7.63. The van der Waals surface area contributed by atoms with Gasteiger partial charge in [-0.2, -0.15) is 5.10 Å². The van der Waals surface area contributed by atoms with Crippen molar-refractivity contribution < 1.29 is 19.1 Å². The first-order chi connectivity index (χ1) is 17.0. The van der Waals surface area contributed by atoms with Gasteiger partial charge in [-0.05, 0) is 37.3 Å². The molecule has 0 aliphatic rings. The van der Waals surface area contributed by atoms with Gasteiger partial charge in [0.05, 0.1) is 17.2 Å². The van der Waals surface area contributed by atoms with Gasteiger partial charge in [0.15, 0.2) is 12.3 Å². The fourth-order valence-electron chi connectivity index (χ4n) is 3.14. The van der Waals surface area contributed by atoms with Crippen molar-refractivity contribution in [3.05, 3.63) is 93.2 Å². The number of hydrogen-bond donors (Lipinski definition) is 1. The van der Waals surface area contributed by atoms with Gasteiger partial charge in [0.25, 0.3) is 11.5 Å². The van der Waals surface area contributed by atoms with Crippen LogP contribution in [0, 0.1) is 6.92 Å². The number of rotatable bonds is 9. The summed E-state index contributed by atoms with van der Waals surface area (Å²) in [6, 6.07) is 18.9. The van der Waals surface area contributed by atoms with Gasteiger partial charge in [0.2, 0.25) is 0 Å². The molecule has 0 atom stereocenters. The second kappa shape index (κ2) is 11.2. The summed E-state index contributed by atoms with van der Waals surface area (Å²) in [6.45, 7) is 1.76. The highest BCUT2D eigenvalue weighted by Crippen LogP contribution is 2.24. The van der Waals surface area contributed by atoms with Crippen LogP contribution in [0.2, 0.25) is 0 Å². The molecular formula is C25H22N4O5S. The first kappa shape index (κ1) is 23.8. The lowest BCUT2D eigenvalue weighted by atomic mass is 10.1. The van der Waals surface area contributed by atoms with Gasteiger partial charge in [-0.25, -0.2) is 14.5 Å². The average molecular weight is 491 g/mol. The van der Waals surface area contributed by atoms with E-state index in [2.05, 4.69) is 15.4 Å². The van der Waals surface area contributed by atoms with Crippen LogP contribution in [0.25, 0.3) is 11.3 Å². The van der Waals surface area contributed by atoms with E-state index in [0.29, 0.717) is 11.4 Å². The number of hydrogen-bond acceptors (Lipinski definition) is 8. The summed E-state index contributed by atoms with van der Waals surface area (Å²) >= 11 is 1.54. The SMILES string of the molecule is Cc1nc(-c2cccc(NC(=O)COC(=O)c3ccc(=O)n(CCOc4ccccc4)n3)c2)cs1. The van der Waals surface area contributed by atoms with Gasteiger partial charge in [-0.3, -0.25) is 9.59 Å². The summed E-state index contributed by atoms with van der Waals surface area (Å²) in [5.41, 5.74) is 1.78. The Labute approximate surface area is 205 Å². The Morgan fingerprint density at radius 1 is 1.06 bits per heavy atom. The van der Waals surface area contributed by atoms with Crippen molar-refractivity contribution in [2.24, 2.45) is 0 Å². The molecule has 4 aromatic rings. The lowest BCUT2D eigenvalue weighted by molar-refractivity contribution is -0.119. The third-order valence-corrected chi connectivity index (χ3v) is 5.56. The molecule has 2 aromatic carbocycles. The molecule has 0 spiro atoms. The monoisotopic (exact) mass is 490 g/mol. The zero-order chi connectivity index (χ0) is 24.6. The second-order valence-electron chi connectivity index (χ2n) is 7.40. The normalized spacial score (nSPS) is 10.5. The number of nitrogens with zero attached hydrogens (tertiary/aromatic N) is 3. The smallest absolute Gasteiger partial charge is 0.359 e. The Bertz CT molecular complexity index is 1380. The quantitative estimate of drug-likeness (QED) is 0.357. The molecule has 1 amide bonds. The average Bonchev–Trinajstić information content (AvgIpc) is 3.31. The molecule has 0 radical (unpaired) electrons.